The van der Waals surface area contributed by atoms with Crippen LogP contribution in [0.2, 0.25) is 5.02 Å². The monoisotopic (exact) mass is 324 g/mol. The molecule has 4 heteroatoms. The summed E-state index contributed by atoms with van der Waals surface area (Å²) in [5.74, 6) is 0. The Morgan fingerprint density at radius 1 is 1.17 bits per heavy atom. The van der Waals surface area contributed by atoms with Crippen LogP contribution in [0.5, 0.6) is 0 Å². The normalized spacial score (nSPS) is 15.3. The Morgan fingerprint density at radius 2 is 2.09 bits per heavy atom. The third-order valence-corrected chi connectivity index (χ3v) is 4.85. The van der Waals surface area contributed by atoms with Crippen LogP contribution in [0, 0.1) is 13.3 Å². The second-order valence-corrected chi connectivity index (χ2v) is 6.42. The molecule has 1 aromatic carbocycles. The van der Waals surface area contributed by atoms with Crippen LogP contribution in [0.25, 0.3) is 16.9 Å². The molecule has 1 radical (unpaired) electrons. The number of hydrogen-bond acceptors (Lipinski definition) is 2. The minimum atomic E-state index is 0.751. The number of benzene rings is 1. The molecular weight excluding hydrogens is 306 g/mol. The van der Waals surface area contributed by atoms with Gasteiger partial charge in [-0.1, -0.05) is 17.7 Å². The first-order valence-electron chi connectivity index (χ1n) is 8.04. The standard InChI is InChI=1S/C19H19ClN3/c1-14-19(21-18-7-3-6-12-23(14)18)16-13-15(8-9-17(16)20)22-10-4-2-5-11-22/h3-4,6-9,12-13H,2,5,10-11H2,1H3. The molecule has 0 amide bonds. The number of aryl methyl sites for hydroxylation is 1. The van der Waals surface area contributed by atoms with Crippen molar-refractivity contribution in [3.8, 4) is 11.3 Å². The molecule has 0 unspecified atom stereocenters. The highest BCUT2D eigenvalue weighted by Crippen LogP contribution is 2.34. The molecule has 4 rings (SSSR count). The fourth-order valence-electron chi connectivity index (χ4n) is 3.26. The molecule has 0 aliphatic carbocycles. The maximum atomic E-state index is 6.49. The summed E-state index contributed by atoms with van der Waals surface area (Å²) >= 11 is 6.49. The molecule has 3 nitrogen and oxygen atoms in total. The van der Waals surface area contributed by atoms with E-state index in [1.165, 1.54) is 18.5 Å². The first-order valence-corrected chi connectivity index (χ1v) is 8.42. The molecule has 2 aromatic heterocycles. The molecule has 23 heavy (non-hydrogen) atoms. The Kier molecular flexibility index (Phi) is 3.74. The Labute approximate surface area is 141 Å². The number of aromatic nitrogens is 2. The van der Waals surface area contributed by atoms with Crippen LogP contribution in [-0.4, -0.2) is 22.5 Å². The molecule has 0 bridgehead atoms. The zero-order valence-corrected chi connectivity index (χ0v) is 13.9. The van der Waals surface area contributed by atoms with Crippen LogP contribution < -0.4 is 4.90 Å². The maximum Gasteiger partial charge on any atom is 0.137 e. The zero-order chi connectivity index (χ0) is 15.8. The minimum Gasteiger partial charge on any atom is -0.371 e. The summed E-state index contributed by atoms with van der Waals surface area (Å²) in [6.45, 7) is 4.19. The van der Waals surface area contributed by atoms with Gasteiger partial charge in [-0.15, -0.1) is 0 Å². The predicted molar refractivity (Wildman–Crippen MR) is 96.1 cm³/mol. The van der Waals surface area contributed by atoms with Gasteiger partial charge in [0.2, 0.25) is 0 Å². The molecule has 1 aliphatic heterocycles. The first kappa shape index (κ1) is 14.6. The number of nitrogens with zero attached hydrogens (tertiary/aromatic N) is 3. The summed E-state index contributed by atoms with van der Waals surface area (Å²) in [4.78, 5) is 7.18. The molecule has 117 valence electrons. The molecule has 3 aromatic rings. The van der Waals surface area contributed by atoms with E-state index in [1.54, 1.807) is 0 Å². The Bertz CT molecular complexity index is 847. The third kappa shape index (κ3) is 2.59. The lowest BCUT2D eigenvalue weighted by molar-refractivity contribution is 0.671. The number of fused-ring (bicyclic) bond motifs is 1. The summed E-state index contributed by atoms with van der Waals surface area (Å²) in [5.41, 5.74) is 5.26. The van der Waals surface area contributed by atoms with Crippen LogP contribution in [0.4, 0.5) is 5.69 Å². The number of rotatable bonds is 2. The van der Waals surface area contributed by atoms with Gasteiger partial charge >= 0.3 is 0 Å². The first-order chi connectivity index (χ1) is 11.2. The third-order valence-electron chi connectivity index (χ3n) is 4.52. The average molecular weight is 325 g/mol. The van der Waals surface area contributed by atoms with Crippen LogP contribution in [0.3, 0.4) is 0 Å². The summed E-state index contributed by atoms with van der Waals surface area (Å²) in [5, 5.41) is 0.751. The van der Waals surface area contributed by atoms with Crippen molar-refractivity contribution in [1.82, 2.24) is 9.38 Å². The van der Waals surface area contributed by atoms with Crippen LogP contribution in [-0.2, 0) is 0 Å². The molecule has 0 N–H and O–H groups in total. The second-order valence-electron chi connectivity index (χ2n) is 6.02. The summed E-state index contributed by atoms with van der Waals surface area (Å²) in [6, 6.07) is 12.3. The highest BCUT2D eigenvalue weighted by atomic mass is 35.5. The summed E-state index contributed by atoms with van der Waals surface area (Å²) in [7, 11) is 0. The number of piperidine rings is 1. The summed E-state index contributed by atoms with van der Waals surface area (Å²) < 4.78 is 2.10. The van der Waals surface area contributed by atoms with Crippen molar-refractivity contribution in [3.05, 3.63) is 59.7 Å². The molecule has 1 saturated heterocycles. The van der Waals surface area contributed by atoms with E-state index in [2.05, 4.69) is 34.8 Å². The van der Waals surface area contributed by atoms with Gasteiger partial charge in [-0.2, -0.15) is 0 Å². The smallest absolute Gasteiger partial charge is 0.137 e. The molecule has 1 fully saturated rings. The van der Waals surface area contributed by atoms with E-state index in [0.29, 0.717) is 0 Å². The number of hydrogen-bond donors (Lipinski definition) is 0. The van der Waals surface area contributed by atoms with Crippen LogP contribution in [0.15, 0.2) is 42.6 Å². The van der Waals surface area contributed by atoms with E-state index < -0.39 is 0 Å². The molecule has 0 saturated carbocycles. The second kappa shape index (κ2) is 5.89. The fourth-order valence-corrected chi connectivity index (χ4v) is 3.47. The lowest BCUT2D eigenvalue weighted by Crippen LogP contribution is -2.29. The molecule has 3 heterocycles. The molecule has 0 spiro atoms. The molecular formula is C19H19ClN3. The van der Waals surface area contributed by atoms with Gasteiger partial charge < -0.3 is 9.30 Å². The van der Waals surface area contributed by atoms with Crippen LogP contribution >= 0.6 is 11.6 Å². The number of imidazole rings is 1. The molecule has 0 atom stereocenters. The zero-order valence-electron chi connectivity index (χ0n) is 13.2. The van der Waals surface area contributed by atoms with Crippen LogP contribution in [0.1, 0.15) is 18.5 Å². The van der Waals surface area contributed by atoms with Gasteiger partial charge in [0.05, 0.1) is 10.7 Å². The van der Waals surface area contributed by atoms with E-state index >= 15 is 0 Å². The van der Waals surface area contributed by atoms with Crippen molar-refractivity contribution in [2.75, 3.05) is 18.0 Å². The highest BCUT2D eigenvalue weighted by molar-refractivity contribution is 6.33. The van der Waals surface area contributed by atoms with Crippen molar-refractivity contribution in [2.45, 2.75) is 19.8 Å². The van der Waals surface area contributed by atoms with E-state index in [-0.39, 0.29) is 0 Å². The Balaban J connectivity index is 1.81. The van der Waals surface area contributed by atoms with Crippen molar-refractivity contribution in [1.29, 1.82) is 0 Å². The largest absolute Gasteiger partial charge is 0.371 e. The highest BCUT2D eigenvalue weighted by Gasteiger charge is 2.17. The lowest BCUT2D eigenvalue weighted by Gasteiger charge is -2.29. The van der Waals surface area contributed by atoms with E-state index in [1.807, 2.05) is 30.5 Å². The number of anilines is 1. The Hall–Kier alpha value is -2.00. The lowest BCUT2D eigenvalue weighted by atomic mass is 10.1. The van der Waals surface area contributed by atoms with Crippen molar-refractivity contribution < 1.29 is 0 Å². The quantitative estimate of drug-likeness (QED) is 0.677. The van der Waals surface area contributed by atoms with Crippen molar-refractivity contribution in [3.63, 3.8) is 0 Å². The van der Waals surface area contributed by atoms with Crippen molar-refractivity contribution >= 4 is 22.9 Å². The van der Waals surface area contributed by atoms with E-state index in [0.717, 1.165) is 40.7 Å². The SMILES string of the molecule is Cc1c(-c2cc(N3C[CH]CCC3)ccc2Cl)nc2ccccn12. The maximum absolute atomic E-state index is 6.49. The minimum absolute atomic E-state index is 0.751. The fraction of sp³-hybridized carbons (Fsp3) is 0.263. The molecule has 1 aliphatic rings. The van der Waals surface area contributed by atoms with Gasteiger partial charge in [-0.05, 0) is 56.5 Å². The average Bonchev–Trinajstić information content (AvgIpc) is 2.93. The summed E-state index contributed by atoms with van der Waals surface area (Å²) in [6.07, 6.45) is 6.81. The van der Waals surface area contributed by atoms with Gasteiger partial charge in [-0.25, -0.2) is 4.98 Å². The van der Waals surface area contributed by atoms with Gasteiger partial charge in [0.25, 0.3) is 0 Å². The van der Waals surface area contributed by atoms with Gasteiger partial charge in [-0.3, -0.25) is 0 Å². The van der Waals surface area contributed by atoms with Crippen molar-refractivity contribution in [2.24, 2.45) is 0 Å². The van der Waals surface area contributed by atoms with E-state index in [9.17, 15) is 0 Å². The number of pyridine rings is 1. The van der Waals surface area contributed by atoms with E-state index in [4.69, 9.17) is 16.6 Å². The number of halogens is 1. The predicted octanol–water partition coefficient (Wildman–Crippen LogP) is 4.77. The van der Waals surface area contributed by atoms with Gasteiger partial charge in [0, 0.05) is 36.2 Å². The van der Waals surface area contributed by atoms with Gasteiger partial charge in [0.1, 0.15) is 5.65 Å². The van der Waals surface area contributed by atoms with Gasteiger partial charge in [0.15, 0.2) is 0 Å². The topological polar surface area (TPSA) is 20.5 Å². The Morgan fingerprint density at radius 3 is 2.87 bits per heavy atom.